The van der Waals surface area contributed by atoms with Crippen LogP contribution in [0.25, 0.3) is 10.8 Å². The predicted octanol–water partition coefficient (Wildman–Crippen LogP) is 2.88. The van der Waals surface area contributed by atoms with Crippen LogP contribution in [0.1, 0.15) is 0 Å². The monoisotopic (exact) mass is 237 g/mol. The second kappa shape index (κ2) is 5.10. The van der Waals surface area contributed by atoms with Crippen molar-refractivity contribution in [2.45, 2.75) is 12.5 Å². The van der Waals surface area contributed by atoms with Crippen LogP contribution in [0.5, 0.6) is 0 Å². The topological polar surface area (TPSA) is 32.3 Å². The lowest BCUT2D eigenvalue weighted by molar-refractivity contribution is 0.00385. The Labute approximate surface area is 97.9 Å². The van der Waals surface area contributed by atoms with Crippen molar-refractivity contribution in [1.82, 2.24) is 0 Å². The zero-order chi connectivity index (χ0) is 12.3. The first-order valence-electron chi connectivity index (χ1n) is 5.36. The van der Waals surface area contributed by atoms with E-state index in [1.54, 1.807) is 6.07 Å². The van der Waals surface area contributed by atoms with Crippen molar-refractivity contribution in [3.8, 4) is 0 Å². The molecule has 0 saturated heterocycles. The van der Waals surface area contributed by atoms with Crippen LogP contribution >= 0.6 is 0 Å². The summed E-state index contributed by atoms with van der Waals surface area (Å²) >= 11 is 0. The van der Waals surface area contributed by atoms with E-state index >= 15 is 0 Å². The molecule has 0 amide bonds. The van der Waals surface area contributed by atoms with E-state index in [9.17, 15) is 8.78 Å². The molecule has 4 heteroatoms. The van der Waals surface area contributed by atoms with Crippen molar-refractivity contribution in [2.24, 2.45) is 0 Å². The molecule has 0 saturated carbocycles. The maximum Gasteiger partial charge on any atom is 0.265 e. The summed E-state index contributed by atoms with van der Waals surface area (Å²) in [5.74, 6) is 0. The van der Waals surface area contributed by atoms with Crippen LogP contribution in [0.3, 0.4) is 0 Å². The summed E-state index contributed by atoms with van der Waals surface area (Å²) in [6.45, 7) is -0.157. The maximum atomic E-state index is 12.1. The van der Waals surface area contributed by atoms with E-state index in [1.165, 1.54) is 0 Å². The molecule has 90 valence electrons. The van der Waals surface area contributed by atoms with Gasteiger partial charge in [-0.25, -0.2) is 8.78 Å². The minimum absolute atomic E-state index is 0.157. The van der Waals surface area contributed by atoms with Gasteiger partial charge in [-0.15, -0.1) is 0 Å². The van der Waals surface area contributed by atoms with Gasteiger partial charge >= 0.3 is 0 Å². The average molecular weight is 237 g/mol. The first kappa shape index (κ1) is 11.8. The Morgan fingerprint density at radius 1 is 1.06 bits per heavy atom. The van der Waals surface area contributed by atoms with Gasteiger partial charge in [-0.05, 0) is 22.9 Å². The van der Waals surface area contributed by atoms with E-state index in [-0.39, 0.29) is 6.54 Å². The summed E-state index contributed by atoms with van der Waals surface area (Å²) in [7, 11) is 0. The van der Waals surface area contributed by atoms with Crippen LogP contribution in [0.15, 0.2) is 42.5 Å². The number of anilines is 1. The van der Waals surface area contributed by atoms with Crippen molar-refractivity contribution in [3.63, 3.8) is 0 Å². The van der Waals surface area contributed by atoms with Gasteiger partial charge in [0, 0.05) is 12.2 Å². The minimum atomic E-state index is -2.72. The number of hydrogen-bond donors (Lipinski definition) is 2. The summed E-state index contributed by atoms with van der Waals surface area (Å²) in [5.41, 5.74) is 0.725. The van der Waals surface area contributed by atoms with E-state index in [0.717, 1.165) is 16.5 Å². The van der Waals surface area contributed by atoms with E-state index in [2.05, 4.69) is 5.32 Å². The number of aliphatic hydroxyl groups is 1. The fourth-order valence-electron chi connectivity index (χ4n) is 1.61. The van der Waals surface area contributed by atoms with Crippen molar-refractivity contribution in [2.75, 3.05) is 11.9 Å². The smallest absolute Gasteiger partial charge is 0.265 e. The minimum Gasteiger partial charge on any atom is -0.385 e. The number of fused-ring (bicyclic) bond motifs is 1. The van der Waals surface area contributed by atoms with Crippen molar-refractivity contribution in [3.05, 3.63) is 42.5 Å². The highest BCUT2D eigenvalue weighted by atomic mass is 19.3. The van der Waals surface area contributed by atoms with Gasteiger partial charge < -0.3 is 10.4 Å². The van der Waals surface area contributed by atoms with E-state index in [0.29, 0.717) is 0 Å². The largest absolute Gasteiger partial charge is 0.385 e. The Morgan fingerprint density at radius 2 is 1.76 bits per heavy atom. The van der Waals surface area contributed by atoms with Gasteiger partial charge in [0.1, 0.15) is 6.10 Å². The Bertz CT molecular complexity index is 501. The zero-order valence-electron chi connectivity index (χ0n) is 9.11. The maximum absolute atomic E-state index is 12.1. The second-order valence-corrected chi connectivity index (χ2v) is 3.84. The summed E-state index contributed by atoms with van der Waals surface area (Å²) < 4.78 is 24.2. The number of hydrogen-bond acceptors (Lipinski definition) is 2. The third-order valence-corrected chi connectivity index (χ3v) is 2.56. The van der Waals surface area contributed by atoms with Gasteiger partial charge in [-0.2, -0.15) is 0 Å². The van der Waals surface area contributed by atoms with Crippen LogP contribution in [-0.4, -0.2) is 24.2 Å². The normalized spacial score (nSPS) is 12.9. The molecule has 17 heavy (non-hydrogen) atoms. The summed E-state index contributed by atoms with van der Waals surface area (Å²) in [6, 6.07) is 13.4. The SMILES string of the molecule is OC(CNc1ccc2ccccc2c1)C(F)F. The quantitative estimate of drug-likeness (QED) is 0.857. The summed E-state index contributed by atoms with van der Waals surface area (Å²) in [5, 5.41) is 13.9. The fraction of sp³-hybridized carbons (Fsp3) is 0.231. The lowest BCUT2D eigenvalue weighted by Crippen LogP contribution is -2.26. The molecule has 0 fully saturated rings. The average Bonchev–Trinajstić information content (AvgIpc) is 2.35. The number of nitrogens with one attached hydrogen (secondary N) is 1. The van der Waals surface area contributed by atoms with Crippen LogP contribution in [-0.2, 0) is 0 Å². The molecule has 2 rings (SSSR count). The Balaban J connectivity index is 2.09. The van der Waals surface area contributed by atoms with Crippen LogP contribution in [0.4, 0.5) is 14.5 Å². The van der Waals surface area contributed by atoms with E-state index in [1.807, 2.05) is 36.4 Å². The van der Waals surface area contributed by atoms with Gasteiger partial charge in [-0.3, -0.25) is 0 Å². The molecule has 0 radical (unpaired) electrons. The molecule has 2 aromatic carbocycles. The number of benzene rings is 2. The van der Waals surface area contributed by atoms with Crippen LogP contribution < -0.4 is 5.32 Å². The summed E-state index contributed by atoms with van der Waals surface area (Å²) in [6.07, 6.45) is -4.36. The standard InChI is InChI=1S/C13H13F2NO/c14-13(15)12(17)8-16-11-6-5-9-3-1-2-4-10(9)7-11/h1-7,12-13,16-17H,8H2. The Morgan fingerprint density at radius 3 is 2.47 bits per heavy atom. The summed E-state index contributed by atoms with van der Waals surface area (Å²) in [4.78, 5) is 0. The molecule has 1 atom stereocenters. The van der Waals surface area contributed by atoms with Crippen LogP contribution in [0, 0.1) is 0 Å². The Hall–Kier alpha value is -1.68. The van der Waals surface area contributed by atoms with E-state index < -0.39 is 12.5 Å². The molecule has 2 N–H and O–H groups in total. The van der Waals surface area contributed by atoms with Gasteiger partial charge in [0.25, 0.3) is 6.43 Å². The zero-order valence-corrected chi connectivity index (χ0v) is 9.11. The highest BCUT2D eigenvalue weighted by molar-refractivity contribution is 5.85. The van der Waals surface area contributed by atoms with Crippen molar-refractivity contribution in [1.29, 1.82) is 0 Å². The molecule has 0 aliphatic carbocycles. The van der Waals surface area contributed by atoms with Gasteiger partial charge in [0.15, 0.2) is 0 Å². The lowest BCUT2D eigenvalue weighted by atomic mass is 10.1. The number of halogens is 2. The first-order chi connectivity index (χ1) is 8.16. The number of alkyl halides is 2. The molecule has 0 aliphatic rings. The number of rotatable bonds is 4. The molecule has 0 aliphatic heterocycles. The molecule has 0 spiro atoms. The first-order valence-corrected chi connectivity index (χ1v) is 5.36. The molecular weight excluding hydrogens is 224 g/mol. The molecule has 2 nitrogen and oxygen atoms in total. The van der Waals surface area contributed by atoms with Crippen LogP contribution in [0.2, 0.25) is 0 Å². The van der Waals surface area contributed by atoms with Crippen molar-refractivity contribution < 1.29 is 13.9 Å². The molecule has 0 aromatic heterocycles. The lowest BCUT2D eigenvalue weighted by Gasteiger charge is -2.12. The fourth-order valence-corrected chi connectivity index (χ4v) is 1.61. The molecular formula is C13H13F2NO. The van der Waals surface area contributed by atoms with Gasteiger partial charge in [0.05, 0.1) is 0 Å². The van der Waals surface area contributed by atoms with Crippen molar-refractivity contribution >= 4 is 16.5 Å². The number of aliphatic hydroxyl groups excluding tert-OH is 1. The van der Waals surface area contributed by atoms with Gasteiger partial charge in [0.2, 0.25) is 0 Å². The second-order valence-electron chi connectivity index (χ2n) is 3.84. The molecule has 2 aromatic rings. The van der Waals surface area contributed by atoms with E-state index in [4.69, 9.17) is 5.11 Å². The molecule has 1 unspecified atom stereocenters. The third-order valence-electron chi connectivity index (χ3n) is 2.56. The molecule has 0 bridgehead atoms. The Kier molecular flexibility index (Phi) is 3.54. The highest BCUT2D eigenvalue weighted by Gasteiger charge is 2.15. The van der Waals surface area contributed by atoms with Gasteiger partial charge in [-0.1, -0.05) is 30.3 Å². The highest BCUT2D eigenvalue weighted by Crippen LogP contribution is 2.18. The predicted molar refractivity (Wildman–Crippen MR) is 64.4 cm³/mol. The third kappa shape index (κ3) is 2.91. The molecule has 0 heterocycles.